The maximum Gasteiger partial charge on any atom is 0.322 e. The van der Waals surface area contributed by atoms with Crippen molar-refractivity contribution in [2.75, 3.05) is 6.54 Å². The molecule has 1 unspecified atom stereocenters. The Morgan fingerprint density at radius 1 is 1.30 bits per heavy atom. The Bertz CT molecular complexity index is 982. The van der Waals surface area contributed by atoms with E-state index >= 15 is 0 Å². The first-order valence-corrected chi connectivity index (χ1v) is 8.76. The highest BCUT2D eigenvalue weighted by atomic mass is 16.6. The largest absolute Gasteiger partial charge is 0.342 e. The van der Waals surface area contributed by atoms with Crippen LogP contribution in [0.3, 0.4) is 0 Å². The summed E-state index contributed by atoms with van der Waals surface area (Å²) < 4.78 is 0. The minimum atomic E-state index is -0.621. The molecular formula is C19H21N5O3. The molecule has 0 radical (unpaired) electrons. The van der Waals surface area contributed by atoms with Gasteiger partial charge in [-0.3, -0.25) is 20.0 Å². The van der Waals surface area contributed by atoms with Crippen LogP contribution in [0.15, 0.2) is 42.5 Å². The van der Waals surface area contributed by atoms with Crippen LogP contribution in [0.1, 0.15) is 41.1 Å². The normalized spacial score (nSPS) is 12.1. The molecule has 3 aromatic rings. The highest BCUT2D eigenvalue weighted by molar-refractivity contribution is 5.97. The van der Waals surface area contributed by atoms with Gasteiger partial charge < -0.3 is 11.1 Å². The fourth-order valence-corrected chi connectivity index (χ4v) is 3.08. The zero-order chi connectivity index (χ0) is 19.4. The number of hydrogen-bond donors (Lipinski definition) is 3. The number of aromatic amines is 1. The third kappa shape index (κ3) is 3.80. The molecule has 1 aromatic heterocycles. The third-order valence-corrected chi connectivity index (χ3v) is 4.43. The van der Waals surface area contributed by atoms with E-state index in [4.69, 9.17) is 5.73 Å². The predicted molar refractivity (Wildman–Crippen MR) is 102 cm³/mol. The number of nitrogens with zero attached hydrogens (tertiary/aromatic N) is 2. The van der Waals surface area contributed by atoms with Crippen molar-refractivity contribution in [1.29, 1.82) is 0 Å². The van der Waals surface area contributed by atoms with E-state index in [1.807, 2.05) is 49.4 Å². The molecule has 140 valence electrons. The highest BCUT2D eigenvalue weighted by Gasteiger charge is 2.29. The van der Waals surface area contributed by atoms with Crippen molar-refractivity contribution < 1.29 is 9.72 Å². The van der Waals surface area contributed by atoms with Crippen molar-refractivity contribution >= 4 is 22.4 Å². The van der Waals surface area contributed by atoms with Gasteiger partial charge in [-0.1, -0.05) is 49.7 Å². The number of nitrogens with two attached hydrogens (primary N) is 1. The molecule has 27 heavy (non-hydrogen) atoms. The number of fused-ring (bicyclic) bond motifs is 1. The van der Waals surface area contributed by atoms with Crippen LogP contribution in [0.4, 0.5) is 5.69 Å². The molecule has 1 atom stereocenters. The van der Waals surface area contributed by atoms with Crippen LogP contribution < -0.4 is 11.1 Å². The molecule has 0 bridgehead atoms. The Labute approximate surface area is 155 Å². The van der Waals surface area contributed by atoms with E-state index in [9.17, 15) is 14.9 Å². The van der Waals surface area contributed by atoms with E-state index < -0.39 is 16.9 Å². The minimum Gasteiger partial charge on any atom is -0.342 e. The maximum absolute atomic E-state index is 12.6. The summed E-state index contributed by atoms with van der Waals surface area (Å²) in [5.74, 6) is -0.621. The van der Waals surface area contributed by atoms with Crippen LogP contribution in [-0.4, -0.2) is 27.6 Å². The molecule has 2 aromatic carbocycles. The monoisotopic (exact) mass is 367 g/mol. The number of amides is 1. The Kier molecular flexibility index (Phi) is 5.46. The molecule has 1 amide bonds. The number of aryl methyl sites for hydroxylation is 1. The standard InChI is InChI=1S/C19H21N5O3/c1-2-5-15-18(24(26)27)17(23-22-15)19(25)21-16(11-20)14-9-8-12-6-3-4-7-13(12)10-14/h3-4,6-10,16H,2,5,11,20H2,1H3,(H,21,25)(H,22,23). The first-order valence-electron chi connectivity index (χ1n) is 8.76. The second-order valence-corrected chi connectivity index (χ2v) is 6.27. The molecule has 0 aliphatic heterocycles. The second-order valence-electron chi connectivity index (χ2n) is 6.27. The lowest BCUT2D eigenvalue weighted by molar-refractivity contribution is -0.385. The Morgan fingerprint density at radius 2 is 2.04 bits per heavy atom. The zero-order valence-corrected chi connectivity index (χ0v) is 14.9. The number of H-pyrrole nitrogens is 1. The van der Waals surface area contributed by atoms with E-state index in [0.717, 1.165) is 16.3 Å². The number of rotatable bonds is 7. The topological polar surface area (TPSA) is 127 Å². The summed E-state index contributed by atoms with van der Waals surface area (Å²) >= 11 is 0. The van der Waals surface area contributed by atoms with Crippen LogP contribution >= 0.6 is 0 Å². The van der Waals surface area contributed by atoms with Crippen LogP contribution in [-0.2, 0) is 6.42 Å². The molecule has 0 aliphatic rings. The van der Waals surface area contributed by atoms with Gasteiger partial charge in [0.2, 0.25) is 5.69 Å². The smallest absolute Gasteiger partial charge is 0.322 e. The first kappa shape index (κ1) is 18.5. The van der Waals surface area contributed by atoms with Gasteiger partial charge in [0, 0.05) is 6.54 Å². The molecule has 1 heterocycles. The summed E-state index contributed by atoms with van der Waals surface area (Å²) in [7, 11) is 0. The summed E-state index contributed by atoms with van der Waals surface area (Å²) in [6, 6.07) is 13.2. The van der Waals surface area contributed by atoms with Crippen LogP contribution in [0, 0.1) is 10.1 Å². The van der Waals surface area contributed by atoms with Gasteiger partial charge in [0.15, 0.2) is 0 Å². The quantitative estimate of drug-likeness (QED) is 0.437. The average Bonchev–Trinajstić information content (AvgIpc) is 3.10. The summed E-state index contributed by atoms with van der Waals surface area (Å²) in [5, 5.41) is 22.7. The van der Waals surface area contributed by atoms with Crippen LogP contribution in [0.5, 0.6) is 0 Å². The third-order valence-electron chi connectivity index (χ3n) is 4.43. The van der Waals surface area contributed by atoms with Crippen molar-refractivity contribution in [3.63, 3.8) is 0 Å². The Morgan fingerprint density at radius 3 is 2.70 bits per heavy atom. The van der Waals surface area contributed by atoms with Crippen molar-refractivity contribution in [3.8, 4) is 0 Å². The number of carbonyl (C=O) groups excluding carboxylic acids is 1. The number of hydrogen-bond acceptors (Lipinski definition) is 5. The molecule has 4 N–H and O–H groups in total. The SMILES string of the molecule is CCCc1[nH]nc(C(=O)NC(CN)c2ccc3ccccc3c2)c1[N+](=O)[O-]. The predicted octanol–water partition coefficient (Wildman–Crippen LogP) is 2.85. The van der Waals surface area contributed by atoms with Gasteiger partial charge in [0.25, 0.3) is 5.91 Å². The Hall–Kier alpha value is -3.26. The van der Waals surface area contributed by atoms with Gasteiger partial charge in [0.1, 0.15) is 5.69 Å². The maximum atomic E-state index is 12.6. The van der Waals surface area contributed by atoms with Crippen molar-refractivity contribution in [2.24, 2.45) is 5.73 Å². The molecule has 8 nitrogen and oxygen atoms in total. The van der Waals surface area contributed by atoms with E-state index in [0.29, 0.717) is 18.5 Å². The molecule has 8 heteroatoms. The molecule has 0 saturated heterocycles. The number of nitro groups is 1. The number of aromatic nitrogens is 2. The second kappa shape index (κ2) is 7.96. The van der Waals surface area contributed by atoms with E-state index in [-0.39, 0.29) is 17.9 Å². The molecule has 0 spiro atoms. The van der Waals surface area contributed by atoms with Gasteiger partial charge in [0.05, 0.1) is 11.0 Å². The van der Waals surface area contributed by atoms with E-state index in [1.54, 1.807) is 0 Å². The van der Waals surface area contributed by atoms with Crippen molar-refractivity contribution in [1.82, 2.24) is 15.5 Å². The minimum absolute atomic E-state index is 0.157. The molecule has 0 aliphatic carbocycles. The summed E-state index contributed by atoms with van der Waals surface area (Å²) in [6.07, 6.45) is 1.15. The van der Waals surface area contributed by atoms with Crippen LogP contribution in [0.2, 0.25) is 0 Å². The average molecular weight is 367 g/mol. The van der Waals surface area contributed by atoms with Gasteiger partial charge in [-0.2, -0.15) is 5.10 Å². The lowest BCUT2D eigenvalue weighted by Gasteiger charge is -2.17. The fourth-order valence-electron chi connectivity index (χ4n) is 3.08. The lowest BCUT2D eigenvalue weighted by atomic mass is 10.0. The Balaban J connectivity index is 1.87. The summed E-state index contributed by atoms with van der Waals surface area (Å²) in [5.41, 5.74) is 6.53. The molecule has 0 saturated carbocycles. The van der Waals surface area contributed by atoms with Crippen LogP contribution in [0.25, 0.3) is 10.8 Å². The van der Waals surface area contributed by atoms with E-state index in [2.05, 4.69) is 15.5 Å². The highest BCUT2D eigenvalue weighted by Crippen LogP contribution is 2.24. The van der Waals surface area contributed by atoms with Crippen molar-refractivity contribution in [3.05, 3.63) is 69.5 Å². The molecule has 3 rings (SSSR count). The number of nitrogens with one attached hydrogen (secondary N) is 2. The lowest BCUT2D eigenvalue weighted by Crippen LogP contribution is -2.34. The summed E-state index contributed by atoms with van der Waals surface area (Å²) in [6.45, 7) is 2.05. The van der Waals surface area contributed by atoms with Gasteiger partial charge in [-0.05, 0) is 28.8 Å². The van der Waals surface area contributed by atoms with Gasteiger partial charge in [-0.15, -0.1) is 0 Å². The van der Waals surface area contributed by atoms with E-state index in [1.165, 1.54) is 0 Å². The van der Waals surface area contributed by atoms with Gasteiger partial charge in [-0.25, -0.2) is 0 Å². The number of benzene rings is 2. The molecule has 0 fully saturated rings. The fraction of sp³-hybridized carbons (Fsp3) is 0.263. The van der Waals surface area contributed by atoms with Crippen molar-refractivity contribution in [2.45, 2.75) is 25.8 Å². The zero-order valence-electron chi connectivity index (χ0n) is 14.9. The molecular weight excluding hydrogens is 346 g/mol. The first-order chi connectivity index (χ1) is 13.0. The number of carbonyl (C=O) groups is 1. The van der Waals surface area contributed by atoms with Gasteiger partial charge >= 0.3 is 5.69 Å². The summed E-state index contributed by atoms with van der Waals surface area (Å²) in [4.78, 5) is 23.5.